The topological polar surface area (TPSA) is 42.9 Å². The molecule has 0 spiro atoms. The monoisotopic (exact) mass is 411 g/mol. The highest BCUT2D eigenvalue weighted by Crippen LogP contribution is 2.36. The van der Waals surface area contributed by atoms with Gasteiger partial charge in [-0.25, -0.2) is 0 Å². The van der Waals surface area contributed by atoms with Crippen molar-refractivity contribution in [2.45, 2.75) is 76.5 Å². The summed E-state index contributed by atoms with van der Waals surface area (Å²) >= 11 is 0. The lowest BCUT2D eigenvalue weighted by Gasteiger charge is -2.39. The van der Waals surface area contributed by atoms with E-state index < -0.39 is 0 Å². The van der Waals surface area contributed by atoms with E-state index in [0.29, 0.717) is 18.1 Å². The molecule has 1 aromatic carbocycles. The van der Waals surface area contributed by atoms with Crippen LogP contribution < -0.4 is 10.6 Å². The van der Waals surface area contributed by atoms with Gasteiger partial charge in [-0.15, -0.1) is 0 Å². The Hall–Kier alpha value is -1.59. The Morgan fingerprint density at radius 1 is 1.03 bits per heavy atom. The molecule has 3 aliphatic rings. The molecular weight excluding hydrogens is 370 g/mol. The molecule has 2 unspecified atom stereocenters. The van der Waals surface area contributed by atoms with E-state index in [1.54, 1.807) is 0 Å². The minimum absolute atomic E-state index is 0.550. The molecule has 5 heteroatoms. The number of aliphatic imine (C=N–C) groups is 1. The second kappa shape index (κ2) is 10.6. The molecule has 3 saturated heterocycles. The second-order valence-corrected chi connectivity index (χ2v) is 9.52. The Morgan fingerprint density at radius 3 is 2.37 bits per heavy atom. The average Bonchev–Trinajstić information content (AvgIpc) is 3.01. The lowest BCUT2D eigenvalue weighted by Crippen LogP contribution is -2.52. The van der Waals surface area contributed by atoms with E-state index in [9.17, 15) is 0 Å². The summed E-state index contributed by atoms with van der Waals surface area (Å²) in [6.45, 7) is 8.17. The zero-order valence-corrected chi connectivity index (χ0v) is 19.0. The highest BCUT2D eigenvalue weighted by molar-refractivity contribution is 5.79. The van der Waals surface area contributed by atoms with Crippen molar-refractivity contribution >= 4 is 5.96 Å². The molecule has 2 bridgehead atoms. The van der Waals surface area contributed by atoms with Crippen molar-refractivity contribution < 1.29 is 0 Å². The number of piperidine rings is 2. The number of guanidine groups is 1. The fourth-order valence-corrected chi connectivity index (χ4v) is 5.82. The highest BCUT2D eigenvalue weighted by Gasteiger charge is 2.40. The molecule has 0 aromatic heterocycles. The molecule has 30 heavy (non-hydrogen) atoms. The fourth-order valence-electron chi connectivity index (χ4n) is 5.82. The highest BCUT2D eigenvalue weighted by atomic mass is 15.2. The van der Waals surface area contributed by atoms with E-state index in [-0.39, 0.29) is 0 Å². The molecule has 3 fully saturated rings. The van der Waals surface area contributed by atoms with Crippen LogP contribution in [0.3, 0.4) is 0 Å². The normalized spacial score (nSPS) is 28.6. The lowest BCUT2D eigenvalue weighted by molar-refractivity contribution is 0.114. The van der Waals surface area contributed by atoms with Crippen molar-refractivity contribution in [2.75, 3.05) is 33.2 Å². The van der Waals surface area contributed by atoms with Crippen LogP contribution in [0.25, 0.3) is 0 Å². The summed E-state index contributed by atoms with van der Waals surface area (Å²) in [5.41, 5.74) is 1.45. The van der Waals surface area contributed by atoms with Crippen molar-refractivity contribution in [2.24, 2.45) is 10.9 Å². The minimum Gasteiger partial charge on any atom is -0.356 e. The van der Waals surface area contributed by atoms with E-state index in [2.05, 4.69) is 62.7 Å². The van der Waals surface area contributed by atoms with E-state index in [1.807, 2.05) is 7.05 Å². The summed E-state index contributed by atoms with van der Waals surface area (Å²) in [4.78, 5) is 9.85. The molecule has 166 valence electrons. The molecule has 2 N–H and O–H groups in total. The number of rotatable bonds is 7. The van der Waals surface area contributed by atoms with Crippen LogP contribution in [0.4, 0.5) is 0 Å². The van der Waals surface area contributed by atoms with Crippen LogP contribution in [0.15, 0.2) is 35.3 Å². The minimum atomic E-state index is 0.550. The van der Waals surface area contributed by atoms with Crippen LogP contribution in [0, 0.1) is 5.92 Å². The molecule has 5 nitrogen and oxygen atoms in total. The Morgan fingerprint density at radius 2 is 1.73 bits per heavy atom. The van der Waals surface area contributed by atoms with Gasteiger partial charge in [-0.2, -0.15) is 0 Å². The third-order valence-electron chi connectivity index (χ3n) is 7.66. The summed E-state index contributed by atoms with van der Waals surface area (Å²) in [5.74, 6) is 1.87. The van der Waals surface area contributed by atoms with Gasteiger partial charge in [0, 0.05) is 38.3 Å². The molecule has 2 atom stereocenters. The first-order chi connectivity index (χ1) is 14.7. The van der Waals surface area contributed by atoms with Crippen LogP contribution in [-0.4, -0.2) is 67.1 Å². The number of hydrogen-bond donors (Lipinski definition) is 2. The van der Waals surface area contributed by atoms with E-state index in [4.69, 9.17) is 0 Å². The molecule has 3 aliphatic heterocycles. The van der Waals surface area contributed by atoms with Gasteiger partial charge in [-0.05, 0) is 76.1 Å². The summed E-state index contributed by atoms with van der Waals surface area (Å²) in [6, 6.07) is 12.9. The van der Waals surface area contributed by atoms with Gasteiger partial charge in [-0.3, -0.25) is 9.89 Å². The van der Waals surface area contributed by atoms with E-state index in [1.165, 1.54) is 70.1 Å². The predicted molar refractivity (Wildman–Crippen MR) is 126 cm³/mol. The molecule has 0 amide bonds. The Bertz CT molecular complexity index is 653. The van der Waals surface area contributed by atoms with E-state index >= 15 is 0 Å². The van der Waals surface area contributed by atoms with Gasteiger partial charge in [0.1, 0.15) is 0 Å². The van der Waals surface area contributed by atoms with Crippen molar-refractivity contribution in [3.8, 4) is 0 Å². The third-order valence-corrected chi connectivity index (χ3v) is 7.66. The van der Waals surface area contributed by atoms with Crippen LogP contribution in [-0.2, 0) is 6.54 Å². The van der Waals surface area contributed by atoms with Gasteiger partial charge >= 0.3 is 0 Å². The second-order valence-electron chi connectivity index (χ2n) is 9.52. The summed E-state index contributed by atoms with van der Waals surface area (Å²) < 4.78 is 0. The van der Waals surface area contributed by atoms with Gasteiger partial charge in [0.25, 0.3) is 0 Å². The lowest BCUT2D eigenvalue weighted by atomic mass is 9.93. The number of fused-ring (bicyclic) bond motifs is 2. The maximum absolute atomic E-state index is 4.52. The summed E-state index contributed by atoms with van der Waals surface area (Å²) in [5, 5.41) is 7.35. The molecule has 0 saturated carbocycles. The zero-order chi connectivity index (χ0) is 20.8. The first-order valence-electron chi connectivity index (χ1n) is 12.2. The van der Waals surface area contributed by atoms with Crippen LogP contribution in [0.2, 0.25) is 0 Å². The number of likely N-dealkylation sites (tertiary alicyclic amines) is 1. The zero-order valence-electron chi connectivity index (χ0n) is 19.0. The van der Waals surface area contributed by atoms with Gasteiger partial charge in [-0.1, -0.05) is 37.3 Å². The van der Waals surface area contributed by atoms with Crippen molar-refractivity contribution in [1.82, 2.24) is 20.4 Å². The Labute approximate surface area is 183 Å². The quantitative estimate of drug-likeness (QED) is 0.533. The van der Waals surface area contributed by atoms with Crippen LogP contribution >= 0.6 is 0 Å². The van der Waals surface area contributed by atoms with Crippen molar-refractivity contribution in [3.63, 3.8) is 0 Å². The predicted octanol–water partition coefficient (Wildman–Crippen LogP) is 3.47. The first kappa shape index (κ1) is 21.6. The maximum atomic E-state index is 4.52. The van der Waals surface area contributed by atoms with E-state index in [0.717, 1.165) is 25.0 Å². The maximum Gasteiger partial charge on any atom is 0.191 e. The molecule has 4 rings (SSSR count). The SMILES string of the molecule is CCN1CCC(CCNC(=NC)NC2CC3CCC(C2)N3Cc2ccccc2)CC1. The van der Waals surface area contributed by atoms with Gasteiger partial charge in [0.15, 0.2) is 5.96 Å². The molecular formula is C25H41N5. The standard InChI is InChI=1S/C25H41N5/c1-3-29-15-12-20(13-16-29)11-14-27-25(26-2)28-22-17-23-9-10-24(18-22)30(23)19-21-7-5-4-6-8-21/h4-8,20,22-24H,3,9-19H2,1-2H3,(H2,26,27,28). The Kier molecular flexibility index (Phi) is 7.67. The third kappa shape index (κ3) is 5.55. The average molecular weight is 412 g/mol. The van der Waals surface area contributed by atoms with Crippen LogP contribution in [0.1, 0.15) is 57.4 Å². The number of nitrogens with zero attached hydrogens (tertiary/aromatic N) is 3. The fraction of sp³-hybridized carbons (Fsp3) is 0.720. The van der Waals surface area contributed by atoms with Gasteiger partial charge in [0.2, 0.25) is 0 Å². The number of nitrogens with one attached hydrogen (secondary N) is 2. The van der Waals surface area contributed by atoms with Crippen molar-refractivity contribution in [1.29, 1.82) is 0 Å². The van der Waals surface area contributed by atoms with Gasteiger partial charge in [0.05, 0.1) is 0 Å². The first-order valence-corrected chi connectivity index (χ1v) is 12.2. The van der Waals surface area contributed by atoms with Crippen LogP contribution in [0.5, 0.6) is 0 Å². The Balaban J connectivity index is 1.20. The summed E-state index contributed by atoms with van der Waals surface area (Å²) in [6.07, 6.45) is 9.13. The molecule has 0 aliphatic carbocycles. The van der Waals surface area contributed by atoms with Crippen molar-refractivity contribution in [3.05, 3.63) is 35.9 Å². The summed E-state index contributed by atoms with van der Waals surface area (Å²) in [7, 11) is 1.91. The molecule has 0 radical (unpaired) electrons. The number of hydrogen-bond acceptors (Lipinski definition) is 3. The molecule has 3 heterocycles. The van der Waals surface area contributed by atoms with Gasteiger partial charge < -0.3 is 15.5 Å². The molecule has 1 aromatic rings. The smallest absolute Gasteiger partial charge is 0.191 e. The largest absolute Gasteiger partial charge is 0.356 e. The number of benzene rings is 1.